The van der Waals surface area contributed by atoms with Gasteiger partial charge in [0.05, 0.1) is 12.1 Å². The first-order valence-corrected chi connectivity index (χ1v) is 13.1. The van der Waals surface area contributed by atoms with E-state index in [1.165, 1.54) is 11.1 Å². The van der Waals surface area contributed by atoms with Gasteiger partial charge in [0.1, 0.15) is 5.72 Å². The van der Waals surface area contributed by atoms with Gasteiger partial charge >= 0.3 is 0 Å². The number of benzene rings is 2. The molecule has 1 aromatic heterocycles. The lowest BCUT2D eigenvalue weighted by molar-refractivity contribution is -0.0686. The second kappa shape index (κ2) is 8.57. The van der Waals surface area contributed by atoms with Crippen molar-refractivity contribution in [1.29, 1.82) is 0 Å². The lowest BCUT2D eigenvalue weighted by atomic mass is 9.69. The Bertz CT molecular complexity index is 1390. The first-order chi connectivity index (χ1) is 18.0. The van der Waals surface area contributed by atoms with Gasteiger partial charge in [-0.1, -0.05) is 48.1 Å². The van der Waals surface area contributed by atoms with Crippen molar-refractivity contribution >= 4 is 5.57 Å². The van der Waals surface area contributed by atoms with Crippen LogP contribution in [0.4, 0.5) is 0 Å². The maximum absolute atomic E-state index is 6.42. The van der Waals surface area contributed by atoms with Gasteiger partial charge in [0.15, 0.2) is 11.5 Å². The molecule has 0 amide bonds. The van der Waals surface area contributed by atoms with E-state index >= 15 is 0 Å². The molecule has 2 aliphatic heterocycles. The molecule has 37 heavy (non-hydrogen) atoms. The van der Waals surface area contributed by atoms with Gasteiger partial charge in [-0.2, -0.15) is 0 Å². The van der Waals surface area contributed by atoms with Crippen molar-refractivity contribution in [2.24, 2.45) is 5.92 Å². The smallest absolute Gasteiger partial charge is 0.248 e. The van der Waals surface area contributed by atoms with Crippen LogP contribution < -0.4 is 9.47 Å². The Labute approximate surface area is 216 Å². The number of allylic oxidation sites excluding steroid dienone is 3. The molecule has 2 aromatic carbocycles. The van der Waals surface area contributed by atoms with Crippen molar-refractivity contribution in [3.8, 4) is 23.0 Å². The van der Waals surface area contributed by atoms with Crippen molar-refractivity contribution in [1.82, 2.24) is 15.1 Å². The Kier molecular flexibility index (Phi) is 5.27. The predicted octanol–water partition coefficient (Wildman–Crippen LogP) is 5.99. The SMILES string of the molecule is CC1(C)OC[C@@]2(CCC3CC=C(c4nnc(-c5ccc6c(c5)OCO6)o4)C=C3C2)N1Cc1ccccc1. The average molecular weight is 498 g/mol. The van der Waals surface area contributed by atoms with Crippen LogP contribution in [0.5, 0.6) is 11.5 Å². The van der Waals surface area contributed by atoms with E-state index in [1.54, 1.807) is 0 Å². The number of rotatable bonds is 4. The number of ether oxygens (including phenoxy) is 3. The highest BCUT2D eigenvalue weighted by atomic mass is 16.7. The molecule has 2 aliphatic carbocycles. The standard InChI is InChI=1S/C30H31N3O4/c1-29(2)33(17-20-6-4-3-5-7-20)30(18-36-29)13-12-21-8-9-22(14-24(21)16-30)27-31-32-28(37-27)23-10-11-25-26(15-23)35-19-34-25/h3-7,9-11,14-15,21H,8,12-13,16-19H2,1-2H3/t21?,30-/m0/s1. The van der Waals surface area contributed by atoms with Gasteiger partial charge < -0.3 is 18.6 Å². The van der Waals surface area contributed by atoms with Gasteiger partial charge in [-0.25, -0.2) is 0 Å². The third-order valence-corrected chi connectivity index (χ3v) is 8.37. The molecule has 4 aliphatic rings. The molecule has 0 bridgehead atoms. The van der Waals surface area contributed by atoms with Gasteiger partial charge in [0.2, 0.25) is 18.6 Å². The minimum absolute atomic E-state index is 0.00336. The molecule has 190 valence electrons. The molecule has 3 heterocycles. The maximum atomic E-state index is 6.42. The molecule has 1 saturated carbocycles. The molecule has 0 N–H and O–H groups in total. The van der Waals surface area contributed by atoms with Gasteiger partial charge in [-0.05, 0) is 69.2 Å². The van der Waals surface area contributed by atoms with Crippen molar-refractivity contribution < 1.29 is 18.6 Å². The van der Waals surface area contributed by atoms with E-state index in [2.05, 4.69) is 71.4 Å². The molecule has 0 radical (unpaired) electrons. The monoisotopic (exact) mass is 497 g/mol. The first-order valence-electron chi connectivity index (χ1n) is 13.1. The molecular formula is C30H31N3O4. The van der Waals surface area contributed by atoms with Crippen LogP contribution in [0, 0.1) is 5.92 Å². The van der Waals surface area contributed by atoms with E-state index in [0.29, 0.717) is 23.4 Å². The quantitative estimate of drug-likeness (QED) is 0.439. The second-order valence-electron chi connectivity index (χ2n) is 11.0. The van der Waals surface area contributed by atoms with Crippen LogP contribution in [0.2, 0.25) is 0 Å². The van der Waals surface area contributed by atoms with Gasteiger partial charge in [-0.3, -0.25) is 4.90 Å². The molecule has 7 rings (SSSR count). The van der Waals surface area contributed by atoms with Gasteiger partial charge in [0.25, 0.3) is 0 Å². The Balaban J connectivity index is 1.15. The normalized spacial score (nSPS) is 26.2. The van der Waals surface area contributed by atoms with E-state index in [1.807, 2.05) is 18.2 Å². The van der Waals surface area contributed by atoms with Crippen LogP contribution in [0.15, 0.2) is 70.7 Å². The molecule has 1 saturated heterocycles. The zero-order chi connectivity index (χ0) is 25.0. The molecule has 1 unspecified atom stereocenters. The average Bonchev–Trinajstić information content (AvgIpc) is 3.64. The zero-order valence-corrected chi connectivity index (χ0v) is 21.3. The Hall–Kier alpha value is -3.42. The maximum Gasteiger partial charge on any atom is 0.248 e. The molecule has 3 aromatic rings. The fraction of sp³-hybridized carbons (Fsp3) is 0.400. The number of aromatic nitrogens is 2. The van der Waals surface area contributed by atoms with Crippen molar-refractivity contribution in [2.45, 2.75) is 57.3 Å². The summed E-state index contributed by atoms with van der Waals surface area (Å²) in [7, 11) is 0. The van der Waals surface area contributed by atoms with Crippen molar-refractivity contribution in [3.05, 3.63) is 77.7 Å². The van der Waals surface area contributed by atoms with Crippen molar-refractivity contribution in [2.75, 3.05) is 13.4 Å². The highest BCUT2D eigenvalue weighted by molar-refractivity contribution is 5.72. The third-order valence-electron chi connectivity index (χ3n) is 8.37. The van der Waals surface area contributed by atoms with Crippen LogP contribution in [0.25, 0.3) is 17.0 Å². The van der Waals surface area contributed by atoms with Crippen molar-refractivity contribution in [3.63, 3.8) is 0 Å². The van der Waals surface area contributed by atoms with Crippen LogP contribution in [0.1, 0.15) is 51.0 Å². The molecule has 7 heteroatoms. The summed E-state index contributed by atoms with van der Waals surface area (Å²) in [6.07, 6.45) is 8.84. The summed E-state index contributed by atoms with van der Waals surface area (Å²) in [6, 6.07) is 16.4. The molecule has 1 spiro atoms. The Morgan fingerprint density at radius 1 is 1.00 bits per heavy atom. The molecule has 2 fully saturated rings. The summed E-state index contributed by atoms with van der Waals surface area (Å²) in [5.41, 5.74) is 4.31. The zero-order valence-electron chi connectivity index (χ0n) is 21.3. The fourth-order valence-electron chi connectivity index (χ4n) is 6.36. The largest absolute Gasteiger partial charge is 0.454 e. The highest BCUT2D eigenvalue weighted by Gasteiger charge is 2.53. The van der Waals surface area contributed by atoms with Gasteiger partial charge in [-0.15, -0.1) is 10.2 Å². The van der Waals surface area contributed by atoms with E-state index in [0.717, 1.165) is 55.7 Å². The van der Waals surface area contributed by atoms with Crippen LogP contribution in [0.3, 0.4) is 0 Å². The summed E-state index contributed by atoms with van der Waals surface area (Å²) in [5, 5.41) is 8.72. The summed E-state index contributed by atoms with van der Waals surface area (Å²) >= 11 is 0. The van der Waals surface area contributed by atoms with E-state index in [9.17, 15) is 0 Å². The molecule has 2 atom stereocenters. The molecular weight excluding hydrogens is 466 g/mol. The number of hydrogen-bond acceptors (Lipinski definition) is 7. The summed E-state index contributed by atoms with van der Waals surface area (Å²) in [6.45, 7) is 6.28. The summed E-state index contributed by atoms with van der Waals surface area (Å²) < 4.78 is 23.5. The topological polar surface area (TPSA) is 69.9 Å². The number of fused-ring (bicyclic) bond motifs is 2. The van der Waals surface area contributed by atoms with Gasteiger partial charge in [0, 0.05) is 17.7 Å². The highest BCUT2D eigenvalue weighted by Crippen LogP contribution is 2.50. The van der Waals surface area contributed by atoms with Crippen LogP contribution in [-0.4, -0.2) is 39.8 Å². The minimum atomic E-state index is -0.303. The van der Waals surface area contributed by atoms with E-state index < -0.39 is 0 Å². The minimum Gasteiger partial charge on any atom is -0.454 e. The Morgan fingerprint density at radius 3 is 2.73 bits per heavy atom. The van der Waals surface area contributed by atoms with Crippen LogP contribution >= 0.6 is 0 Å². The summed E-state index contributed by atoms with van der Waals surface area (Å²) in [4.78, 5) is 2.59. The third kappa shape index (κ3) is 3.97. The van der Waals surface area contributed by atoms with E-state index in [4.69, 9.17) is 18.6 Å². The number of nitrogens with zero attached hydrogens (tertiary/aromatic N) is 3. The lowest BCUT2D eigenvalue weighted by Crippen LogP contribution is -2.54. The second-order valence-corrected chi connectivity index (χ2v) is 11.0. The van der Waals surface area contributed by atoms with Crippen LogP contribution in [-0.2, 0) is 11.3 Å². The number of hydrogen-bond donors (Lipinski definition) is 0. The molecule has 7 nitrogen and oxygen atoms in total. The predicted molar refractivity (Wildman–Crippen MR) is 139 cm³/mol. The fourth-order valence-corrected chi connectivity index (χ4v) is 6.36. The first kappa shape index (κ1) is 22.8. The van der Waals surface area contributed by atoms with E-state index in [-0.39, 0.29) is 18.1 Å². The summed E-state index contributed by atoms with van der Waals surface area (Å²) in [5.74, 6) is 3.04. The Morgan fingerprint density at radius 2 is 1.84 bits per heavy atom. The lowest BCUT2D eigenvalue weighted by Gasteiger charge is -2.47.